The van der Waals surface area contributed by atoms with Crippen LogP contribution < -0.4 is 10.0 Å². The summed E-state index contributed by atoms with van der Waals surface area (Å²) in [6.45, 7) is 0.466. The molecule has 1 fully saturated rings. The summed E-state index contributed by atoms with van der Waals surface area (Å²) >= 11 is 0. The van der Waals surface area contributed by atoms with E-state index in [0.29, 0.717) is 12.1 Å². The van der Waals surface area contributed by atoms with E-state index in [4.69, 9.17) is 0 Å². The SMILES string of the molecule is CNS(=O)(=O)c1ccc(C(=O)NCC2(c3ccc(F)cc3)CCCC2)cc1. The first-order valence-electron chi connectivity index (χ1n) is 8.94. The van der Waals surface area contributed by atoms with Gasteiger partial charge in [-0.3, -0.25) is 4.79 Å². The van der Waals surface area contributed by atoms with Crippen LogP contribution in [0.2, 0.25) is 0 Å². The van der Waals surface area contributed by atoms with Crippen LogP contribution in [0.15, 0.2) is 53.4 Å². The molecule has 144 valence electrons. The molecule has 27 heavy (non-hydrogen) atoms. The molecular formula is C20H23FN2O3S. The molecule has 0 aromatic heterocycles. The third-order valence-electron chi connectivity index (χ3n) is 5.30. The molecule has 2 N–H and O–H groups in total. The van der Waals surface area contributed by atoms with Gasteiger partial charge in [0.1, 0.15) is 5.82 Å². The van der Waals surface area contributed by atoms with E-state index < -0.39 is 10.0 Å². The number of amides is 1. The number of sulfonamides is 1. The second kappa shape index (κ2) is 7.78. The van der Waals surface area contributed by atoms with Crippen molar-refractivity contribution in [1.82, 2.24) is 10.0 Å². The van der Waals surface area contributed by atoms with Gasteiger partial charge in [0.05, 0.1) is 4.90 Å². The van der Waals surface area contributed by atoms with Crippen LogP contribution in [0.4, 0.5) is 4.39 Å². The zero-order valence-electron chi connectivity index (χ0n) is 15.2. The number of hydrogen-bond donors (Lipinski definition) is 2. The maximum atomic E-state index is 13.3. The van der Waals surface area contributed by atoms with E-state index in [0.717, 1.165) is 31.2 Å². The van der Waals surface area contributed by atoms with E-state index in [1.807, 2.05) is 0 Å². The molecule has 1 amide bonds. The minimum Gasteiger partial charge on any atom is -0.351 e. The van der Waals surface area contributed by atoms with Crippen molar-refractivity contribution in [3.8, 4) is 0 Å². The summed E-state index contributed by atoms with van der Waals surface area (Å²) < 4.78 is 39.0. The topological polar surface area (TPSA) is 75.3 Å². The molecule has 0 spiro atoms. The van der Waals surface area contributed by atoms with Crippen molar-refractivity contribution in [1.29, 1.82) is 0 Å². The molecule has 0 bridgehead atoms. The van der Waals surface area contributed by atoms with Gasteiger partial charge in [-0.15, -0.1) is 0 Å². The molecule has 2 aromatic rings. The molecule has 0 saturated heterocycles. The lowest BCUT2D eigenvalue weighted by atomic mass is 9.78. The molecule has 3 rings (SSSR count). The summed E-state index contributed by atoms with van der Waals surface area (Å²) in [7, 11) is -2.19. The summed E-state index contributed by atoms with van der Waals surface area (Å²) in [6, 6.07) is 12.3. The Kier molecular flexibility index (Phi) is 5.62. The van der Waals surface area contributed by atoms with Gasteiger partial charge in [-0.25, -0.2) is 17.5 Å². The van der Waals surface area contributed by atoms with Crippen molar-refractivity contribution in [2.24, 2.45) is 0 Å². The van der Waals surface area contributed by atoms with E-state index in [-0.39, 0.29) is 22.0 Å². The third-order valence-corrected chi connectivity index (χ3v) is 6.73. The molecule has 0 aliphatic heterocycles. The average molecular weight is 390 g/mol. The van der Waals surface area contributed by atoms with Gasteiger partial charge in [0.2, 0.25) is 10.0 Å². The second-order valence-corrected chi connectivity index (χ2v) is 8.80. The largest absolute Gasteiger partial charge is 0.351 e. The van der Waals surface area contributed by atoms with Crippen LogP contribution in [0.1, 0.15) is 41.6 Å². The van der Waals surface area contributed by atoms with E-state index in [9.17, 15) is 17.6 Å². The maximum absolute atomic E-state index is 13.3. The second-order valence-electron chi connectivity index (χ2n) is 6.91. The highest BCUT2D eigenvalue weighted by atomic mass is 32.2. The van der Waals surface area contributed by atoms with E-state index in [1.54, 1.807) is 12.1 Å². The summed E-state index contributed by atoms with van der Waals surface area (Å²) in [4.78, 5) is 12.6. The van der Waals surface area contributed by atoms with Crippen molar-refractivity contribution in [3.05, 3.63) is 65.5 Å². The summed E-state index contributed by atoms with van der Waals surface area (Å²) in [5.41, 5.74) is 1.26. The fourth-order valence-electron chi connectivity index (χ4n) is 3.68. The van der Waals surface area contributed by atoms with Crippen molar-refractivity contribution in [2.75, 3.05) is 13.6 Å². The number of halogens is 1. The van der Waals surface area contributed by atoms with Crippen molar-refractivity contribution in [3.63, 3.8) is 0 Å². The lowest BCUT2D eigenvalue weighted by Gasteiger charge is -2.30. The van der Waals surface area contributed by atoms with Gasteiger partial charge < -0.3 is 5.32 Å². The third kappa shape index (κ3) is 4.20. The number of hydrogen-bond acceptors (Lipinski definition) is 3. The van der Waals surface area contributed by atoms with Crippen LogP contribution in [-0.2, 0) is 15.4 Å². The summed E-state index contributed by atoms with van der Waals surface area (Å²) in [6.07, 6.45) is 4.03. The minimum absolute atomic E-state index is 0.111. The number of nitrogens with one attached hydrogen (secondary N) is 2. The van der Waals surface area contributed by atoms with Gasteiger partial charge >= 0.3 is 0 Å². The maximum Gasteiger partial charge on any atom is 0.251 e. The first-order valence-corrected chi connectivity index (χ1v) is 10.4. The molecule has 7 heteroatoms. The number of rotatable bonds is 6. The van der Waals surface area contributed by atoms with Crippen LogP contribution in [0, 0.1) is 5.82 Å². The minimum atomic E-state index is -3.53. The Morgan fingerprint density at radius 1 is 1.04 bits per heavy atom. The number of benzene rings is 2. The number of carbonyl (C=O) groups excluding carboxylic acids is 1. The predicted octanol–water partition coefficient (Wildman–Crippen LogP) is 2.98. The zero-order chi connectivity index (χ0) is 19.5. The van der Waals surface area contributed by atoms with Crippen molar-refractivity contribution < 1.29 is 17.6 Å². The highest BCUT2D eigenvalue weighted by Gasteiger charge is 2.36. The van der Waals surface area contributed by atoms with E-state index in [1.165, 1.54) is 43.4 Å². The quantitative estimate of drug-likeness (QED) is 0.796. The highest BCUT2D eigenvalue weighted by molar-refractivity contribution is 7.89. The Morgan fingerprint density at radius 2 is 1.63 bits per heavy atom. The molecular weight excluding hydrogens is 367 g/mol. The standard InChI is InChI=1S/C20H23FN2O3S/c1-22-27(25,26)18-10-4-15(5-11-18)19(24)23-14-20(12-2-3-13-20)16-6-8-17(21)9-7-16/h4-11,22H,2-3,12-14H2,1H3,(H,23,24). The van der Waals surface area contributed by atoms with Gasteiger partial charge in [0.25, 0.3) is 5.91 Å². The van der Waals surface area contributed by atoms with Gasteiger partial charge in [-0.1, -0.05) is 25.0 Å². The van der Waals surface area contributed by atoms with E-state index >= 15 is 0 Å². The first kappa shape index (κ1) is 19.5. The molecule has 1 aliphatic carbocycles. The summed E-state index contributed by atoms with van der Waals surface area (Å²) in [5.74, 6) is -0.524. The van der Waals surface area contributed by atoms with Crippen LogP contribution in [0.25, 0.3) is 0 Å². The molecule has 1 saturated carbocycles. The zero-order valence-corrected chi connectivity index (χ0v) is 16.0. The van der Waals surface area contributed by atoms with Crippen molar-refractivity contribution >= 4 is 15.9 Å². The monoisotopic (exact) mass is 390 g/mol. The van der Waals surface area contributed by atoms with Crippen LogP contribution in [-0.4, -0.2) is 27.9 Å². The first-order chi connectivity index (χ1) is 12.9. The number of carbonyl (C=O) groups is 1. The lowest BCUT2D eigenvalue weighted by Crippen LogP contribution is -2.39. The van der Waals surface area contributed by atoms with Gasteiger partial charge in [0, 0.05) is 17.5 Å². The van der Waals surface area contributed by atoms with Gasteiger partial charge in [-0.05, 0) is 61.9 Å². The Bertz CT molecular complexity index is 903. The average Bonchev–Trinajstić information content (AvgIpc) is 3.17. The Balaban J connectivity index is 1.72. The fraction of sp³-hybridized carbons (Fsp3) is 0.350. The lowest BCUT2D eigenvalue weighted by molar-refractivity contribution is 0.0943. The molecule has 2 aromatic carbocycles. The highest BCUT2D eigenvalue weighted by Crippen LogP contribution is 2.40. The van der Waals surface area contributed by atoms with Crippen LogP contribution in [0.3, 0.4) is 0 Å². The van der Waals surface area contributed by atoms with Crippen LogP contribution >= 0.6 is 0 Å². The van der Waals surface area contributed by atoms with Gasteiger partial charge in [-0.2, -0.15) is 0 Å². The molecule has 0 unspecified atom stereocenters. The Labute approximate surface area is 159 Å². The molecule has 0 heterocycles. The molecule has 0 atom stereocenters. The predicted molar refractivity (Wildman–Crippen MR) is 102 cm³/mol. The smallest absolute Gasteiger partial charge is 0.251 e. The Morgan fingerprint density at radius 3 is 2.19 bits per heavy atom. The fourth-order valence-corrected chi connectivity index (χ4v) is 4.41. The van der Waals surface area contributed by atoms with E-state index in [2.05, 4.69) is 10.0 Å². The molecule has 0 radical (unpaired) electrons. The van der Waals surface area contributed by atoms with Crippen molar-refractivity contribution in [2.45, 2.75) is 36.0 Å². The van der Waals surface area contributed by atoms with Gasteiger partial charge in [0.15, 0.2) is 0 Å². The van der Waals surface area contributed by atoms with Crippen LogP contribution in [0.5, 0.6) is 0 Å². The summed E-state index contributed by atoms with van der Waals surface area (Å²) in [5, 5.41) is 2.97. The normalized spacial score (nSPS) is 16.2. The Hall–Kier alpha value is -2.25. The molecule has 1 aliphatic rings. The molecule has 5 nitrogen and oxygen atoms in total.